The summed E-state index contributed by atoms with van der Waals surface area (Å²) in [6.45, 7) is 6.23. The van der Waals surface area contributed by atoms with Crippen LogP contribution in [-0.2, 0) is 22.6 Å². The summed E-state index contributed by atoms with van der Waals surface area (Å²) < 4.78 is 0. The minimum atomic E-state index is -0.838. The van der Waals surface area contributed by atoms with Gasteiger partial charge in [0.2, 0.25) is 5.91 Å². The Morgan fingerprint density at radius 2 is 1.65 bits per heavy atom. The average molecular weight is 278 g/mol. The molecule has 0 saturated carbocycles. The lowest BCUT2D eigenvalue weighted by Gasteiger charge is -2.16. The number of benzene rings is 1. The normalized spacial score (nSPS) is 12.2. The molecule has 0 aliphatic carbocycles. The summed E-state index contributed by atoms with van der Waals surface area (Å²) >= 11 is 0. The van der Waals surface area contributed by atoms with Gasteiger partial charge >= 0.3 is 5.97 Å². The maximum atomic E-state index is 11.7. The van der Waals surface area contributed by atoms with Gasteiger partial charge in [-0.1, -0.05) is 24.3 Å². The van der Waals surface area contributed by atoms with Crippen molar-refractivity contribution in [3.8, 4) is 0 Å². The van der Waals surface area contributed by atoms with Crippen LogP contribution in [0.1, 0.15) is 31.9 Å². The summed E-state index contributed by atoms with van der Waals surface area (Å²) in [5.41, 5.74) is 1.79. The van der Waals surface area contributed by atoms with E-state index < -0.39 is 5.97 Å². The lowest BCUT2D eigenvalue weighted by Crippen LogP contribution is -2.44. The molecule has 0 bridgehead atoms. The lowest BCUT2D eigenvalue weighted by atomic mass is 10.1. The molecule has 3 N–H and O–H groups in total. The quantitative estimate of drug-likeness (QED) is 0.703. The van der Waals surface area contributed by atoms with Crippen LogP contribution in [0.15, 0.2) is 24.3 Å². The Hall–Kier alpha value is -1.88. The Morgan fingerprint density at radius 3 is 2.15 bits per heavy atom. The Bertz CT molecular complexity index is 455. The monoisotopic (exact) mass is 278 g/mol. The smallest absolute Gasteiger partial charge is 0.307 e. The Labute approximate surface area is 119 Å². The first-order valence-electron chi connectivity index (χ1n) is 6.72. The predicted molar refractivity (Wildman–Crippen MR) is 77.4 cm³/mol. The molecule has 20 heavy (non-hydrogen) atoms. The summed E-state index contributed by atoms with van der Waals surface area (Å²) in [7, 11) is 0. The standard InChI is InChI=1S/C15H22N2O3/c1-10(2)17-15(20)11(3)16-9-13-6-4-12(5-7-13)8-14(18)19/h4-7,10-11,16H,8-9H2,1-3H3,(H,17,20)(H,18,19). The molecule has 1 atom stereocenters. The first kappa shape index (κ1) is 16.2. The fourth-order valence-corrected chi connectivity index (χ4v) is 1.72. The van der Waals surface area contributed by atoms with Gasteiger partial charge in [-0.3, -0.25) is 9.59 Å². The highest BCUT2D eigenvalue weighted by Gasteiger charge is 2.12. The van der Waals surface area contributed by atoms with E-state index in [2.05, 4.69) is 10.6 Å². The van der Waals surface area contributed by atoms with Gasteiger partial charge in [-0.05, 0) is 31.9 Å². The maximum Gasteiger partial charge on any atom is 0.307 e. The third kappa shape index (κ3) is 5.84. The van der Waals surface area contributed by atoms with Crippen LogP contribution < -0.4 is 10.6 Å². The molecular weight excluding hydrogens is 256 g/mol. The highest BCUT2D eigenvalue weighted by atomic mass is 16.4. The van der Waals surface area contributed by atoms with Gasteiger partial charge in [0.1, 0.15) is 0 Å². The molecule has 1 aromatic carbocycles. The van der Waals surface area contributed by atoms with Crippen molar-refractivity contribution in [2.75, 3.05) is 0 Å². The van der Waals surface area contributed by atoms with E-state index in [-0.39, 0.29) is 24.4 Å². The number of amides is 1. The largest absolute Gasteiger partial charge is 0.481 e. The number of rotatable bonds is 7. The van der Waals surface area contributed by atoms with E-state index in [9.17, 15) is 9.59 Å². The van der Waals surface area contributed by atoms with Gasteiger partial charge in [-0.15, -0.1) is 0 Å². The van der Waals surface area contributed by atoms with Crippen molar-refractivity contribution in [3.63, 3.8) is 0 Å². The van der Waals surface area contributed by atoms with Gasteiger partial charge in [0.25, 0.3) is 0 Å². The van der Waals surface area contributed by atoms with Gasteiger partial charge in [-0.2, -0.15) is 0 Å². The Kier molecular flexibility index (Phi) is 6.18. The van der Waals surface area contributed by atoms with Crippen LogP contribution in [0.4, 0.5) is 0 Å². The maximum absolute atomic E-state index is 11.7. The third-order valence-electron chi connectivity index (χ3n) is 2.81. The van der Waals surface area contributed by atoms with E-state index >= 15 is 0 Å². The molecule has 0 aliphatic heterocycles. The predicted octanol–water partition coefficient (Wildman–Crippen LogP) is 1.32. The second-order valence-corrected chi connectivity index (χ2v) is 5.15. The molecular formula is C15H22N2O3. The van der Waals surface area contributed by atoms with E-state index in [4.69, 9.17) is 5.11 Å². The van der Waals surface area contributed by atoms with Crippen molar-refractivity contribution in [1.29, 1.82) is 0 Å². The van der Waals surface area contributed by atoms with Crippen molar-refractivity contribution in [2.45, 2.75) is 45.8 Å². The van der Waals surface area contributed by atoms with Gasteiger partial charge < -0.3 is 15.7 Å². The van der Waals surface area contributed by atoms with E-state index in [1.54, 1.807) is 12.1 Å². The highest BCUT2D eigenvalue weighted by molar-refractivity contribution is 5.81. The van der Waals surface area contributed by atoms with Crippen LogP contribution in [0.2, 0.25) is 0 Å². The molecule has 0 spiro atoms. The molecule has 1 unspecified atom stereocenters. The number of hydrogen-bond acceptors (Lipinski definition) is 3. The number of hydrogen-bond donors (Lipinski definition) is 3. The minimum absolute atomic E-state index is 0.0255. The molecule has 0 saturated heterocycles. The van der Waals surface area contributed by atoms with E-state index in [1.807, 2.05) is 32.9 Å². The molecule has 0 aromatic heterocycles. The van der Waals surface area contributed by atoms with Crippen LogP contribution in [-0.4, -0.2) is 29.1 Å². The molecule has 0 heterocycles. The average Bonchev–Trinajstić information content (AvgIpc) is 2.36. The molecule has 0 fully saturated rings. The molecule has 1 rings (SSSR count). The summed E-state index contributed by atoms with van der Waals surface area (Å²) in [4.78, 5) is 22.3. The zero-order valence-corrected chi connectivity index (χ0v) is 12.1. The van der Waals surface area contributed by atoms with Crippen LogP contribution in [0.5, 0.6) is 0 Å². The van der Waals surface area contributed by atoms with Crippen molar-refractivity contribution in [1.82, 2.24) is 10.6 Å². The second kappa shape index (κ2) is 7.65. The lowest BCUT2D eigenvalue weighted by molar-refractivity contribution is -0.136. The number of carboxylic acid groups (broad SMARTS) is 1. The number of carboxylic acids is 1. The molecule has 0 aliphatic rings. The van der Waals surface area contributed by atoms with Crippen LogP contribution >= 0.6 is 0 Å². The first-order valence-corrected chi connectivity index (χ1v) is 6.72. The number of carbonyl (C=O) groups excluding carboxylic acids is 1. The third-order valence-corrected chi connectivity index (χ3v) is 2.81. The molecule has 5 nitrogen and oxygen atoms in total. The van der Waals surface area contributed by atoms with Crippen molar-refractivity contribution >= 4 is 11.9 Å². The zero-order valence-electron chi connectivity index (χ0n) is 12.1. The second-order valence-electron chi connectivity index (χ2n) is 5.15. The topological polar surface area (TPSA) is 78.4 Å². The van der Waals surface area contributed by atoms with Gasteiger partial charge in [0.05, 0.1) is 12.5 Å². The van der Waals surface area contributed by atoms with Crippen LogP contribution in [0.3, 0.4) is 0 Å². The molecule has 0 radical (unpaired) electrons. The summed E-state index contributed by atoms with van der Waals surface area (Å²) in [5.74, 6) is -0.864. The van der Waals surface area contributed by atoms with Crippen molar-refractivity contribution < 1.29 is 14.7 Å². The number of nitrogens with one attached hydrogen (secondary N) is 2. The molecule has 1 amide bonds. The molecule has 1 aromatic rings. The summed E-state index contributed by atoms with van der Waals surface area (Å²) in [6, 6.07) is 7.20. The summed E-state index contributed by atoms with van der Waals surface area (Å²) in [6.07, 6.45) is 0.0287. The number of aliphatic carboxylic acids is 1. The van der Waals surface area contributed by atoms with Gasteiger partial charge in [-0.25, -0.2) is 0 Å². The van der Waals surface area contributed by atoms with E-state index in [1.165, 1.54) is 0 Å². The fraction of sp³-hybridized carbons (Fsp3) is 0.467. The van der Waals surface area contributed by atoms with Gasteiger partial charge in [0.15, 0.2) is 0 Å². The van der Waals surface area contributed by atoms with E-state index in [0.717, 1.165) is 11.1 Å². The Balaban J connectivity index is 2.45. The van der Waals surface area contributed by atoms with Crippen molar-refractivity contribution in [3.05, 3.63) is 35.4 Å². The van der Waals surface area contributed by atoms with Gasteiger partial charge in [0, 0.05) is 12.6 Å². The molecule has 5 heteroatoms. The highest BCUT2D eigenvalue weighted by Crippen LogP contribution is 2.05. The first-order chi connectivity index (χ1) is 9.38. The summed E-state index contributed by atoms with van der Waals surface area (Å²) in [5, 5.41) is 14.7. The fourth-order valence-electron chi connectivity index (χ4n) is 1.72. The van der Waals surface area contributed by atoms with E-state index in [0.29, 0.717) is 6.54 Å². The molecule has 110 valence electrons. The van der Waals surface area contributed by atoms with Crippen molar-refractivity contribution in [2.24, 2.45) is 0 Å². The SMILES string of the molecule is CC(C)NC(=O)C(C)NCc1ccc(CC(=O)O)cc1. The zero-order chi connectivity index (χ0) is 15.1. The van der Waals surface area contributed by atoms with Crippen LogP contribution in [0, 0.1) is 0 Å². The minimum Gasteiger partial charge on any atom is -0.481 e. The van der Waals surface area contributed by atoms with Crippen LogP contribution in [0.25, 0.3) is 0 Å². The number of carbonyl (C=O) groups is 2. The Morgan fingerprint density at radius 1 is 1.10 bits per heavy atom.